The third-order valence-electron chi connectivity index (χ3n) is 3.74. The van der Waals surface area contributed by atoms with Crippen molar-refractivity contribution in [3.63, 3.8) is 0 Å². The van der Waals surface area contributed by atoms with Crippen LogP contribution in [0.3, 0.4) is 0 Å². The molecule has 1 aromatic carbocycles. The number of hydrogen-bond acceptors (Lipinski definition) is 3. The number of nitrogens with zero attached hydrogens (tertiary/aromatic N) is 1. The van der Waals surface area contributed by atoms with Crippen molar-refractivity contribution >= 4 is 11.1 Å². The van der Waals surface area contributed by atoms with Gasteiger partial charge in [-0.1, -0.05) is 6.07 Å². The topological polar surface area (TPSA) is 38.1 Å². The molecule has 0 amide bonds. The molecule has 0 aliphatic carbocycles. The first-order chi connectivity index (χ1) is 8.16. The number of fused-ring (bicyclic) bond motifs is 1. The molecule has 1 atom stereocenters. The molecule has 0 spiro atoms. The number of hydrogen-bond donors (Lipinski definition) is 1. The average Bonchev–Trinajstić information content (AvgIpc) is 2.94. The van der Waals surface area contributed by atoms with Gasteiger partial charge in [0.05, 0.1) is 6.04 Å². The molecule has 1 unspecified atom stereocenters. The van der Waals surface area contributed by atoms with Gasteiger partial charge in [0, 0.05) is 0 Å². The number of benzene rings is 1. The smallest absolute Gasteiger partial charge is 0.212 e. The Bertz CT molecular complexity index is 565. The van der Waals surface area contributed by atoms with Crippen molar-refractivity contribution < 1.29 is 4.42 Å². The van der Waals surface area contributed by atoms with E-state index in [0.717, 1.165) is 30.0 Å². The van der Waals surface area contributed by atoms with Crippen LogP contribution in [0.5, 0.6) is 0 Å². The highest BCUT2D eigenvalue weighted by atomic mass is 16.3. The molecule has 1 aliphatic rings. The Morgan fingerprint density at radius 2 is 2.12 bits per heavy atom. The maximum atomic E-state index is 5.94. The second-order valence-corrected chi connectivity index (χ2v) is 5.01. The summed E-state index contributed by atoms with van der Waals surface area (Å²) in [4.78, 5) is 4.69. The molecule has 17 heavy (non-hydrogen) atoms. The van der Waals surface area contributed by atoms with Crippen LogP contribution in [0.2, 0.25) is 0 Å². The van der Waals surface area contributed by atoms with Gasteiger partial charge in [0.1, 0.15) is 5.52 Å². The van der Waals surface area contributed by atoms with Crippen LogP contribution in [0, 0.1) is 20.8 Å². The molecule has 2 aromatic rings. The number of rotatable bonds is 1. The fourth-order valence-corrected chi connectivity index (χ4v) is 2.59. The van der Waals surface area contributed by atoms with E-state index < -0.39 is 0 Å². The van der Waals surface area contributed by atoms with Gasteiger partial charge in [-0.2, -0.15) is 0 Å². The summed E-state index contributed by atoms with van der Waals surface area (Å²) in [6.07, 6.45) is 2.34. The molecule has 0 radical (unpaired) electrons. The fraction of sp³-hybridized carbons (Fsp3) is 0.500. The second kappa shape index (κ2) is 3.84. The van der Waals surface area contributed by atoms with Gasteiger partial charge in [0.15, 0.2) is 5.58 Å². The lowest BCUT2D eigenvalue weighted by atomic mass is 10.1. The average molecular weight is 230 g/mol. The van der Waals surface area contributed by atoms with E-state index in [1.54, 1.807) is 0 Å². The van der Waals surface area contributed by atoms with E-state index in [0.29, 0.717) is 6.04 Å². The first kappa shape index (κ1) is 10.8. The normalized spacial score (nSPS) is 20.3. The molecule has 1 fully saturated rings. The van der Waals surface area contributed by atoms with Crippen molar-refractivity contribution in [3.8, 4) is 0 Å². The van der Waals surface area contributed by atoms with Gasteiger partial charge in [-0.15, -0.1) is 0 Å². The highest BCUT2D eigenvalue weighted by molar-refractivity contribution is 5.81. The van der Waals surface area contributed by atoms with E-state index in [4.69, 9.17) is 4.42 Å². The van der Waals surface area contributed by atoms with E-state index in [-0.39, 0.29) is 0 Å². The van der Waals surface area contributed by atoms with Gasteiger partial charge in [-0.05, 0) is 56.8 Å². The van der Waals surface area contributed by atoms with Crippen LogP contribution in [-0.2, 0) is 0 Å². The molecule has 1 aliphatic heterocycles. The minimum absolute atomic E-state index is 0.307. The fourth-order valence-electron chi connectivity index (χ4n) is 2.59. The van der Waals surface area contributed by atoms with Crippen molar-refractivity contribution in [2.75, 3.05) is 6.54 Å². The van der Waals surface area contributed by atoms with Gasteiger partial charge in [0.2, 0.25) is 5.89 Å². The summed E-state index contributed by atoms with van der Waals surface area (Å²) in [5, 5.41) is 3.43. The van der Waals surface area contributed by atoms with E-state index in [9.17, 15) is 0 Å². The number of aryl methyl sites for hydroxylation is 3. The van der Waals surface area contributed by atoms with Crippen LogP contribution in [0.25, 0.3) is 11.1 Å². The van der Waals surface area contributed by atoms with E-state index in [1.807, 2.05) is 0 Å². The van der Waals surface area contributed by atoms with Crippen LogP contribution in [0.1, 0.15) is 41.5 Å². The monoisotopic (exact) mass is 230 g/mol. The third-order valence-corrected chi connectivity index (χ3v) is 3.74. The predicted octanol–water partition coefficient (Wildman–Crippen LogP) is 3.18. The minimum Gasteiger partial charge on any atom is -0.439 e. The number of nitrogens with one attached hydrogen (secondary N) is 1. The molecule has 1 N–H and O–H groups in total. The zero-order chi connectivity index (χ0) is 12.0. The molecule has 3 rings (SSSR count). The van der Waals surface area contributed by atoms with E-state index >= 15 is 0 Å². The van der Waals surface area contributed by atoms with Gasteiger partial charge < -0.3 is 9.73 Å². The maximum absolute atomic E-state index is 5.94. The molecule has 90 valence electrons. The number of aromatic nitrogens is 1. The Morgan fingerprint density at radius 1 is 1.29 bits per heavy atom. The SMILES string of the molecule is Cc1cc(C)c2oc(C3CCCN3)nc2c1C. The first-order valence-corrected chi connectivity index (χ1v) is 6.27. The predicted molar refractivity (Wildman–Crippen MR) is 68.2 cm³/mol. The van der Waals surface area contributed by atoms with Crippen LogP contribution < -0.4 is 5.32 Å². The summed E-state index contributed by atoms with van der Waals surface area (Å²) in [7, 11) is 0. The molecular formula is C14H18N2O. The summed E-state index contributed by atoms with van der Waals surface area (Å²) in [5.74, 6) is 0.856. The van der Waals surface area contributed by atoms with Crippen molar-refractivity contribution in [1.29, 1.82) is 0 Å². The van der Waals surface area contributed by atoms with Crippen LogP contribution >= 0.6 is 0 Å². The van der Waals surface area contributed by atoms with Crippen molar-refractivity contribution in [3.05, 3.63) is 28.6 Å². The number of oxazole rings is 1. The van der Waals surface area contributed by atoms with E-state index in [2.05, 4.69) is 37.1 Å². The summed E-state index contributed by atoms with van der Waals surface area (Å²) >= 11 is 0. The third kappa shape index (κ3) is 1.65. The molecule has 2 heterocycles. The van der Waals surface area contributed by atoms with Gasteiger partial charge in [-0.3, -0.25) is 0 Å². The summed E-state index contributed by atoms with van der Waals surface area (Å²) in [6, 6.07) is 2.48. The van der Waals surface area contributed by atoms with Crippen molar-refractivity contribution in [2.45, 2.75) is 39.7 Å². The Hall–Kier alpha value is -1.35. The lowest BCUT2D eigenvalue weighted by Gasteiger charge is -2.02. The minimum atomic E-state index is 0.307. The Labute approximate surface area is 101 Å². The molecule has 3 heteroatoms. The highest BCUT2D eigenvalue weighted by Crippen LogP contribution is 2.30. The molecule has 0 saturated carbocycles. The Morgan fingerprint density at radius 3 is 2.82 bits per heavy atom. The lowest BCUT2D eigenvalue weighted by Crippen LogP contribution is -2.12. The van der Waals surface area contributed by atoms with Crippen molar-refractivity contribution in [2.24, 2.45) is 0 Å². The van der Waals surface area contributed by atoms with Gasteiger partial charge >= 0.3 is 0 Å². The molecule has 3 nitrogen and oxygen atoms in total. The summed E-state index contributed by atoms with van der Waals surface area (Å²) < 4.78 is 5.94. The van der Waals surface area contributed by atoms with Crippen LogP contribution in [0.15, 0.2) is 10.5 Å². The maximum Gasteiger partial charge on any atom is 0.212 e. The highest BCUT2D eigenvalue weighted by Gasteiger charge is 2.22. The molecule has 0 bridgehead atoms. The van der Waals surface area contributed by atoms with Crippen LogP contribution in [0.4, 0.5) is 0 Å². The molecule has 1 saturated heterocycles. The largest absolute Gasteiger partial charge is 0.439 e. The van der Waals surface area contributed by atoms with Gasteiger partial charge in [-0.25, -0.2) is 4.98 Å². The summed E-state index contributed by atoms with van der Waals surface area (Å²) in [6.45, 7) is 7.40. The summed E-state index contributed by atoms with van der Waals surface area (Å²) in [5.41, 5.74) is 5.69. The Kier molecular flexibility index (Phi) is 2.44. The quantitative estimate of drug-likeness (QED) is 0.817. The lowest BCUT2D eigenvalue weighted by molar-refractivity contribution is 0.451. The second-order valence-electron chi connectivity index (χ2n) is 5.01. The zero-order valence-corrected chi connectivity index (χ0v) is 10.6. The van der Waals surface area contributed by atoms with Crippen LogP contribution in [-0.4, -0.2) is 11.5 Å². The van der Waals surface area contributed by atoms with Crippen molar-refractivity contribution in [1.82, 2.24) is 10.3 Å². The standard InChI is InChI=1S/C14H18N2O/c1-8-7-9(2)13-12(10(8)3)16-14(17-13)11-5-4-6-15-11/h7,11,15H,4-6H2,1-3H3. The molecular weight excluding hydrogens is 212 g/mol. The first-order valence-electron chi connectivity index (χ1n) is 6.27. The molecule has 1 aromatic heterocycles. The zero-order valence-electron chi connectivity index (χ0n) is 10.6. The van der Waals surface area contributed by atoms with Gasteiger partial charge in [0.25, 0.3) is 0 Å². The Balaban J connectivity index is 2.17. The van der Waals surface area contributed by atoms with E-state index in [1.165, 1.54) is 23.1 Å².